The smallest absolute Gasteiger partial charge is 0.287 e. The number of aromatic nitrogens is 2. The Kier molecular flexibility index (Phi) is 4.77. The van der Waals surface area contributed by atoms with Crippen molar-refractivity contribution in [3.63, 3.8) is 0 Å². The lowest BCUT2D eigenvalue weighted by molar-refractivity contribution is 0.0927. The van der Waals surface area contributed by atoms with Crippen LogP contribution in [0.1, 0.15) is 53.5 Å². The summed E-state index contributed by atoms with van der Waals surface area (Å²) in [6.45, 7) is 8.49. The molecule has 6 nitrogen and oxygen atoms in total. The van der Waals surface area contributed by atoms with E-state index in [-0.39, 0.29) is 17.9 Å². The molecule has 2 heterocycles. The summed E-state index contributed by atoms with van der Waals surface area (Å²) in [5.41, 5.74) is 1.22. The standard InChI is InChI=1S/C15H22N4O2/c1-4-8-16-14(20)12-11-7-5-6-9-19(11)13(18-12)15(21)17-10(2)3/h4,10H,1,5-9H2,2-3H3,(H,16,20)(H,17,21). The van der Waals surface area contributed by atoms with Crippen LogP contribution in [0.2, 0.25) is 0 Å². The molecule has 0 atom stereocenters. The number of imidazole rings is 1. The number of nitrogens with one attached hydrogen (secondary N) is 2. The summed E-state index contributed by atoms with van der Waals surface area (Å²) in [7, 11) is 0. The van der Waals surface area contributed by atoms with Gasteiger partial charge in [-0.25, -0.2) is 4.98 Å². The molecule has 1 aromatic rings. The molecule has 0 aliphatic carbocycles. The summed E-state index contributed by atoms with van der Waals surface area (Å²) < 4.78 is 1.88. The van der Waals surface area contributed by atoms with E-state index < -0.39 is 0 Å². The van der Waals surface area contributed by atoms with Gasteiger partial charge in [0.15, 0.2) is 5.82 Å². The van der Waals surface area contributed by atoms with Crippen molar-refractivity contribution in [3.05, 3.63) is 29.9 Å². The molecular weight excluding hydrogens is 268 g/mol. The minimum Gasteiger partial charge on any atom is -0.347 e. The van der Waals surface area contributed by atoms with E-state index in [0.29, 0.717) is 18.1 Å². The lowest BCUT2D eigenvalue weighted by Crippen LogP contribution is -2.33. The highest BCUT2D eigenvalue weighted by molar-refractivity contribution is 5.97. The van der Waals surface area contributed by atoms with Crippen LogP contribution in [0.25, 0.3) is 0 Å². The molecule has 0 aromatic carbocycles. The highest BCUT2D eigenvalue weighted by atomic mass is 16.2. The van der Waals surface area contributed by atoms with Crippen LogP contribution in [-0.4, -0.2) is 34.0 Å². The molecule has 1 aliphatic rings. The number of carbonyl (C=O) groups excluding carboxylic acids is 2. The molecule has 2 N–H and O–H groups in total. The summed E-state index contributed by atoms with van der Waals surface area (Å²) in [5.74, 6) is -0.137. The molecule has 0 saturated carbocycles. The molecule has 0 bridgehead atoms. The third kappa shape index (κ3) is 3.32. The minimum atomic E-state index is -0.246. The Bertz CT molecular complexity index is 560. The molecule has 6 heteroatoms. The van der Waals surface area contributed by atoms with Gasteiger partial charge in [-0.05, 0) is 33.1 Å². The monoisotopic (exact) mass is 290 g/mol. The zero-order valence-electron chi connectivity index (χ0n) is 12.6. The van der Waals surface area contributed by atoms with E-state index >= 15 is 0 Å². The van der Waals surface area contributed by atoms with Crippen molar-refractivity contribution in [2.24, 2.45) is 0 Å². The van der Waals surface area contributed by atoms with Crippen LogP contribution in [0.4, 0.5) is 0 Å². The second-order valence-electron chi connectivity index (χ2n) is 5.47. The molecular formula is C15H22N4O2. The fourth-order valence-electron chi connectivity index (χ4n) is 2.47. The fourth-order valence-corrected chi connectivity index (χ4v) is 2.47. The van der Waals surface area contributed by atoms with Crippen LogP contribution in [0.3, 0.4) is 0 Å². The highest BCUT2D eigenvalue weighted by Crippen LogP contribution is 2.21. The Balaban J connectivity index is 2.34. The van der Waals surface area contributed by atoms with E-state index in [9.17, 15) is 9.59 Å². The maximum atomic E-state index is 12.2. The summed E-state index contributed by atoms with van der Waals surface area (Å²) in [6.07, 6.45) is 4.41. The maximum absolute atomic E-state index is 12.2. The number of nitrogens with zero attached hydrogens (tertiary/aromatic N) is 2. The van der Waals surface area contributed by atoms with Crippen molar-refractivity contribution in [1.29, 1.82) is 0 Å². The second kappa shape index (κ2) is 6.56. The molecule has 114 valence electrons. The molecule has 0 radical (unpaired) electrons. The summed E-state index contributed by atoms with van der Waals surface area (Å²) in [5, 5.41) is 5.56. The van der Waals surface area contributed by atoms with Gasteiger partial charge in [0.05, 0.1) is 5.69 Å². The van der Waals surface area contributed by atoms with E-state index in [0.717, 1.165) is 31.5 Å². The largest absolute Gasteiger partial charge is 0.347 e. The first kappa shape index (κ1) is 15.3. The second-order valence-corrected chi connectivity index (χ2v) is 5.47. The van der Waals surface area contributed by atoms with E-state index in [1.807, 2.05) is 18.4 Å². The zero-order chi connectivity index (χ0) is 15.4. The first-order valence-electron chi connectivity index (χ1n) is 7.34. The fraction of sp³-hybridized carbons (Fsp3) is 0.533. The van der Waals surface area contributed by atoms with Gasteiger partial charge in [0.1, 0.15) is 5.69 Å². The quantitative estimate of drug-likeness (QED) is 0.802. The van der Waals surface area contributed by atoms with Gasteiger partial charge in [0, 0.05) is 19.1 Å². The van der Waals surface area contributed by atoms with Gasteiger partial charge in [-0.1, -0.05) is 6.08 Å². The Morgan fingerprint density at radius 3 is 2.81 bits per heavy atom. The van der Waals surface area contributed by atoms with Crippen LogP contribution in [0.5, 0.6) is 0 Å². The van der Waals surface area contributed by atoms with Crippen molar-refractivity contribution in [2.45, 2.75) is 45.7 Å². The Morgan fingerprint density at radius 2 is 2.14 bits per heavy atom. The lowest BCUT2D eigenvalue weighted by Gasteiger charge is -2.17. The Labute approximate surface area is 124 Å². The van der Waals surface area contributed by atoms with Crippen molar-refractivity contribution in [1.82, 2.24) is 20.2 Å². The number of fused-ring (bicyclic) bond motifs is 1. The van der Waals surface area contributed by atoms with Crippen LogP contribution in [0.15, 0.2) is 12.7 Å². The molecule has 1 aromatic heterocycles. The first-order chi connectivity index (χ1) is 10.0. The SMILES string of the molecule is C=CCNC(=O)c1nc(C(=O)NC(C)C)n2c1CCCC2. The third-order valence-electron chi connectivity index (χ3n) is 3.36. The molecule has 0 spiro atoms. The van der Waals surface area contributed by atoms with Gasteiger partial charge in [-0.2, -0.15) is 0 Å². The summed E-state index contributed by atoms with van der Waals surface area (Å²) in [6, 6.07) is 0.0343. The molecule has 1 aliphatic heterocycles. The maximum Gasteiger partial charge on any atom is 0.287 e. The van der Waals surface area contributed by atoms with Crippen LogP contribution >= 0.6 is 0 Å². The highest BCUT2D eigenvalue weighted by Gasteiger charge is 2.27. The number of carbonyl (C=O) groups is 2. The summed E-state index contributed by atoms with van der Waals surface area (Å²) in [4.78, 5) is 28.7. The Morgan fingerprint density at radius 1 is 1.38 bits per heavy atom. The van der Waals surface area contributed by atoms with Crippen molar-refractivity contribution in [3.8, 4) is 0 Å². The van der Waals surface area contributed by atoms with Crippen LogP contribution in [0, 0.1) is 0 Å². The van der Waals surface area contributed by atoms with Crippen LogP contribution in [-0.2, 0) is 13.0 Å². The van der Waals surface area contributed by atoms with Crippen molar-refractivity contribution >= 4 is 11.8 Å². The van der Waals surface area contributed by atoms with Gasteiger partial charge >= 0.3 is 0 Å². The van der Waals surface area contributed by atoms with Gasteiger partial charge in [0.2, 0.25) is 0 Å². The average Bonchev–Trinajstić information content (AvgIpc) is 2.84. The molecule has 2 rings (SSSR count). The Hall–Kier alpha value is -2.11. The average molecular weight is 290 g/mol. The van der Waals surface area contributed by atoms with Gasteiger partial charge in [-0.15, -0.1) is 6.58 Å². The number of amides is 2. The number of rotatable bonds is 5. The lowest BCUT2D eigenvalue weighted by atomic mass is 10.1. The number of hydrogen-bond donors (Lipinski definition) is 2. The normalized spacial score (nSPS) is 13.7. The number of hydrogen-bond acceptors (Lipinski definition) is 3. The predicted molar refractivity (Wildman–Crippen MR) is 80.3 cm³/mol. The minimum absolute atomic E-state index is 0.0343. The molecule has 0 saturated heterocycles. The van der Waals surface area contributed by atoms with Gasteiger partial charge < -0.3 is 15.2 Å². The molecule has 21 heavy (non-hydrogen) atoms. The van der Waals surface area contributed by atoms with Gasteiger partial charge in [-0.3, -0.25) is 9.59 Å². The van der Waals surface area contributed by atoms with Crippen LogP contribution < -0.4 is 10.6 Å². The van der Waals surface area contributed by atoms with Gasteiger partial charge in [0.25, 0.3) is 11.8 Å². The van der Waals surface area contributed by atoms with E-state index in [2.05, 4.69) is 22.2 Å². The van der Waals surface area contributed by atoms with Crippen molar-refractivity contribution in [2.75, 3.05) is 6.54 Å². The topological polar surface area (TPSA) is 76.0 Å². The molecule has 0 fully saturated rings. The summed E-state index contributed by atoms with van der Waals surface area (Å²) >= 11 is 0. The predicted octanol–water partition coefficient (Wildman–Crippen LogP) is 1.27. The van der Waals surface area contributed by atoms with E-state index in [4.69, 9.17) is 0 Å². The van der Waals surface area contributed by atoms with E-state index in [1.54, 1.807) is 6.08 Å². The third-order valence-corrected chi connectivity index (χ3v) is 3.36. The van der Waals surface area contributed by atoms with E-state index in [1.165, 1.54) is 0 Å². The first-order valence-corrected chi connectivity index (χ1v) is 7.34. The molecule has 0 unspecified atom stereocenters. The van der Waals surface area contributed by atoms with Crippen molar-refractivity contribution < 1.29 is 9.59 Å². The molecule has 2 amide bonds. The zero-order valence-corrected chi connectivity index (χ0v) is 12.6.